The van der Waals surface area contributed by atoms with Crippen molar-refractivity contribution in [2.45, 2.75) is 39.2 Å². The SMILES string of the molecule is CCOC(=O)C1=C(C)N=C2SC=C(CC(=O)NCC3CC3)N2C1c1cccs1. The van der Waals surface area contributed by atoms with Crippen LogP contribution in [0.5, 0.6) is 0 Å². The van der Waals surface area contributed by atoms with Gasteiger partial charge in [0.15, 0.2) is 5.17 Å². The molecule has 1 unspecified atom stereocenters. The molecule has 0 bridgehead atoms. The Labute approximate surface area is 172 Å². The Morgan fingerprint density at radius 1 is 1.39 bits per heavy atom. The molecule has 0 saturated heterocycles. The van der Waals surface area contributed by atoms with Gasteiger partial charge >= 0.3 is 5.97 Å². The third-order valence-corrected chi connectivity index (χ3v) is 6.75. The number of aliphatic imine (C=N–C) groups is 1. The van der Waals surface area contributed by atoms with Crippen molar-refractivity contribution in [2.24, 2.45) is 10.9 Å². The number of hydrogen-bond donors (Lipinski definition) is 1. The minimum atomic E-state index is -0.351. The molecule has 4 rings (SSSR count). The Morgan fingerprint density at radius 3 is 2.89 bits per heavy atom. The number of hydrogen-bond acceptors (Lipinski definition) is 7. The molecule has 0 aromatic carbocycles. The molecule has 28 heavy (non-hydrogen) atoms. The summed E-state index contributed by atoms with van der Waals surface area (Å²) in [6, 6.07) is 3.67. The molecule has 1 N–H and O–H groups in total. The van der Waals surface area contributed by atoms with Crippen LogP contribution in [0.15, 0.2) is 44.9 Å². The number of nitrogens with zero attached hydrogens (tertiary/aromatic N) is 2. The highest BCUT2D eigenvalue weighted by molar-refractivity contribution is 8.16. The van der Waals surface area contributed by atoms with Gasteiger partial charge in [-0.1, -0.05) is 17.8 Å². The second-order valence-electron chi connectivity index (χ2n) is 7.05. The largest absolute Gasteiger partial charge is 0.463 e. The number of carbonyl (C=O) groups is 2. The molecule has 1 atom stereocenters. The fourth-order valence-electron chi connectivity index (χ4n) is 3.36. The first-order valence-electron chi connectivity index (χ1n) is 9.50. The number of nitrogens with one attached hydrogen (secondary N) is 1. The van der Waals surface area contributed by atoms with Crippen LogP contribution in [0.25, 0.3) is 0 Å². The third kappa shape index (κ3) is 3.89. The monoisotopic (exact) mass is 417 g/mol. The van der Waals surface area contributed by atoms with Crippen LogP contribution in [-0.4, -0.2) is 35.1 Å². The molecule has 8 heteroatoms. The van der Waals surface area contributed by atoms with E-state index in [0.29, 0.717) is 23.8 Å². The molecule has 6 nitrogen and oxygen atoms in total. The average Bonchev–Trinajstić information content (AvgIpc) is 3.18. The third-order valence-electron chi connectivity index (χ3n) is 4.94. The van der Waals surface area contributed by atoms with Gasteiger partial charge in [0, 0.05) is 17.1 Å². The number of esters is 1. The van der Waals surface area contributed by atoms with Crippen molar-refractivity contribution >= 4 is 40.1 Å². The van der Waals surface area contributed by atoms with Crippen LogP contribution in [0.2, 0.25) is 0 Å². The molecule has 0 spiro atoms. The molecule has 1 aromatic rings. The van der Waals surface area contributed by atoms with Crippen LogP contribution in [0.1, 0.15) is 44.0 Å². The summed E-state index contributed by atoms with van der Waals surface area (Å²) in [7, 11) is 0. The zero-order chi connectivity index (χ0) is 19.7. The summed E-state index contributed by atoms with van der Waals surface area (Å²) in [5, 5.41) is 7.79. The highest BCUT2D eigenvalue weighted by atomic mass is 32.2. The smallest absolute Gasteiger partial charge is 0.338 e. The minimum Gasteiger partial charge on any atom is -0.463 e. The topological polar surface area (TPSA) is 71.0 Å². The summed E-state index contributed by atoms with van der Waals surface area (Å²) in [5.74, 6) is 0.299. The maximum Gasteiger partial charge on any atom is 0.338 e. The van der Waals surface area contributed by atoms with Crippen molar-refractivity contribution in [2.75, 3.05) is 13.2 Å². The van der Waals surface area contributed by atoms with E-state index in [9.17, 15) is 9.59 Å². The van der Waals surface area contributed by atoms with Crippen molar-refractivity contribution in [3.8, 4) is 0 Å². The number of carbonyl (C=O) groups excluding carboxylic acids is 2. The molecule has 1 saturated carbocycles. The van der Waals surface area contributed by atoms with E-state index in [-0.39, 0.29) is 24.3 Å². The predicted octanol–water partition coefficient (Wildman–Crippen LogP) is 3.80. The highest BCUT2D eigenvalue weighted by Gasteiger charge is 2.41. The van der Waals surface area contributed by atoms with Gasteiger partial charge in [-0.3, -0.25) is 4.79 Å². The molecule has 148 valence electrons. The van der Waals surface area contributed by atoms with E-state index in [1.807, 2.05) is 34.7 Å². The summed E-state index contributed by atoms with van der Waals surface area (Å²) < 4.78 is 5.32. The number of amides is 1. The fourth-order valence-corrected chi connectivity index (χ4v) is 5.15. The Kier molecular flexibility index (Phi) is 5.59. The van der Waals surface area contributed by atoms with Gasteiger partial charge in [0.1, 0.15) is 6.04 Å². The molecular weight excluding hydrogens is 394 g/mol. The van der Waals surface area contributed by atoms with Crippen molar-refractivity contribution < 1.29 is 14.3 Å². The van der Waals surface area contributed by atoms with E-state index < -0.39 is 0 Å². The quantitative estimate of drug-likeness (QED) is 0.683. The molecule has 2 aliphatic heterocycles. The van der Waals surface area contributed by atoms with Crippen LogP contribution in [0.3, 0.4) is 0 Å². The van der Waals surface area contributed by atoms with Crippen molar-refractivity contribution in [3.63, 3.8) is 0 Å². The van der Waals surface area contributed by atoms with Crippen LogP contribution < -0.4 is 5.32 Å². The van der Waals surface area contributed by atoms with Gasteiger partial charge in [0.25, 0.3) is 0 Å². The van der Waals surface area contributed by atoms with E-state index in [1.54, 1.807) is 18.3 Å². The summed E-state index contributed by atoms with van der Waals surface area (Å²) in [5.41, 5.74) is 2.08. The first kappa shape index (κ1) is 19.3. The lowest BCUT2D eigenvalue weighted by Gasteiger charge is -2.35. The van der Waals surface area contributed by atoms with Crippen LogP contribution in [0.4, 0.5) is 0 Å². The summed E-state index contributed by atoms with van der Waals surface area (Å²) in [6.07, 6.45) is 2.68. The normalized spacial score (nSPS) is 21.2. The molecule has 3 aliphatic rings. The first-order chi connectivity index (χ1) is 13.6. The van der Waals surface area contributed by atoms with Crippen LogP contribution in [0, 0.1) is 5.92 Å². The van der Waals surface area contributed by atoms with Crippen molar-refractivity contribution in [1.82, 2.24) is 10.2 Å². The van der Waals surface area contributed by atoms with E-state index in [4.69, 9.17) is 4.74 Å². The number of amidine groups is 1. The molecule has 1 aromatic heterocycles. The molecule has 3 heterocycles. The molecule has 1 fully saturated rings. The van der Waals surface area contributed by atoms with E-state index in [1.165, 1.54) is 24.6 Å². The number of allylic oxidation sites excluding steroid dienone is 1. The lowest BCUT2D eigenvalue weighted by molar-refractivity contribution is -0.139. The van der Waals surface area contributed by atoms with Gasteiger partial charge in [-0.15, -0.1) is 11.3 Å². The highest BCUT2D eigenvalue weighted by Crippen LogP contribution is 2.45. The molecule has 1 aliphatic carbocycles. The maximum absolute atomic E-state index is 12.7. The van der Waals surface area contributed by atoms with Gasteiger partial charge in [-0.05, 0) is 49.5 Å². The minimum absolute atomic E-state index is 0.00823. The number of ether oxygens (including phenoxy) is 1. The van der Waals surface area contributed by atoms with Gasteiger partial charge < -0.3 is 15.0 Å². The standard InChI is InChI=1S/C20H23N3O3S2/c1-3-26-19(25)17-12(2)22-20-23(18(17)15-5-4-8-27-15)14(11-28-20)9-16(24)21-10-13-6-7-13/h4-5,8,11,13,18H,3,6-7,9-10H2,1-2H3,(H,21,24). The van der Waals surface area contributed by atoms with Crippen LogP contribution in [-0.2, 0) is 14.3 Å². The van der Waals surface area contributed by atoms with E-state index >= 15 is 0 Å². The lowest BCUT2D eigenvalue weighted by Crippen LogP contribution is -2.37. The number of thioether (sulfide) groups is 1. The number of thiophene rings is 1. The van der Waals surface area contributed by atoms with Gasteiger partial charge in [0.2, 0.25) is 5.91 Å². The summed E-state index contributed by atoms with van der Waals surface area (Å²) in [4.78, 5) is 32.9. The fraction of sp³-hybridized carbons (Fsp3) is 0.450. The second kappa shape index (κ2) is 8.13. The molecular formula is C20H23N3O3S2. The summed E-state index contributed by atoms with van der Waals surface area (Å²) >= 11 is 3.08. The zero-order valence-electron chi connectivity index (χ0n) is 15.9. The van der Waals surface area contributed by atoms with Crippen molar-refractivity contribution in [1.29, 1.82) is 0 Å². The second-order valence-corrected chi connectivity index (χ2v) is 8.87. The number of fused-ring (bicyclic) bond motifs is 1. The Bertz CT molecular complexity index is 869. The van der Waals surface area contributed by atoms with Gasteiger partial charge in [-0.25, -0.2) is 9.79 Å². The zero-order valence-corrected chi connectivity index (χ0v) is 17.6. The maximum atomic E-state index is 12.7. The Hall–Kier alpha value is -2.06. The van der Waals surface area contributed by atoms with Crippen molar-refractivity contribution in [3.05, 3.63) is 44.8 Å². The van der Waals surface area contributed by atoms with Gasteiger partial charge in [-0.2, -0.15) is 0 Å². The Morgan fingerprint density at radius 2 is 2.21 bits per heavy atom. The number of rotatable bonds is 7. The molecule has 1 amide bonds. The molecule has 0 radical (unpaired) electrons. The Balaban J connectivity index is 1.61. The van der Waals surface area contributed by atoms with E-state index in [0.717, 1.165) is 22.3 Å². The predicted molar refractivity (Wildman–Crippen MR) is 112 cm³/mol. The van der Waals surface area contributed by atoms with E-state index in [2.05, 4.69) is 10.3 Å². The average molecular weight is 418 g/mol. The van der Waals surface area contributed by atoms with Crippen LogP contribution >= 0.6 is 23.1 Å². The summed E-state index contributed by atoms with van der Waals surface area (Å²) in [6.45, 7) is 4.71. The van der Waals surface area contributed by atoms with Gasteiger partial charge in [0.05, 0.1) is 24.3 Å². The lowest BCUT2D eigenvalue weighted by atomic mass is 9.99. The first-order valence-corrected chi connectivity index (χ1v) is 11.3.